The molecule has 1 fully saturated rings. The lowest BCUT2D eigenvalue weighted by Crippen LogP contribution is -2.53. The quantitative estimate of drug-likeness (QED) is 0.662. The fourth-order valence-electron chi connectivity index (χ4n) is 1.71. The molecule has 0 aromatic rings. The second-order valence-corrected chi connectivity index (χ2v) is 4.64. The van der Waals surface area contributed by atoms with E-state index in [-0.39, 0.29) is 0 Å². The normalized spacial score (nSPS) is 26.2. The van der Waals surface area contributed by atoms with Crippen molar-refractivity contribution in [1.82, 2.24) is 4.90 Å². The van der Waals surface area contributed by atoms with E-state index in [0.29, 0.717) is 11.5 Å². The molecular weight excluding hydrogens is 136 g/mol. The summed E-state index contributed by atoms with van der Waals surface area (Å²) >= 11 is 0. The van der Waals surface area contributed by atoms with Crippen LogP contribution in [0.1, 0.15) is 27.2 Å². The Bertz CT molecular complexity index is 122. The fourth-order valence-corrected chi connectivity index (χ4v) is 1.71. The molecule has 2 N–H and O–H groups in total. The number of nitrogens with two attached hydrogens (primary N) is 1. The molecule has 0 amide bonds. The zero-order valence-electron chi connectivity index (χ0n) is 7.93. The van der Waals surface area contributed by atoms with Gasteiger partial charge in [-0.05, 0) is 25.3 Å². The first-order valence-electron chi connectivity index (χ1n) is 4.47. The maximum absolute atomic E-state index is 5.66. The van der Waals surface area contributed by atoms with Gasteiger partial charge in [-0.25, -0.2) is 0 Å². The van der Waals surface area contributed by atoms with E-state index in [1.54, 1.807) is 0 Å². The minimum absolute atomic E-state index is 0.360. The molecule has 1 heterocycles. The second-order valence-electron chi connectivity index (χ2n) is 4.64. The Morgan fingerprint density at radius 2 is 2.00 bits per heavy atom. The Balaban J connectivity index is 2.05. The molecule has 0 aromatic carbocycles. The second kappa shape index (κ2) is 3.11. The van der Waals surface area contributed by atoms with Gasteiger partial charge < -0.3 is 10.6 Å². The smallest absolute Gasteiger partial charge is 0.00452 e. The third-order valence-electron chi connectivity index (χ3n) is 2.20. The Hall–Kier alpha value is -0.0800. The standard InChI is InChI=1S/C9H20N2/c1-8(10)4-5-11-6-9(2,3)7-11/h8H,4-7,10H2,1-3H3. The summed E-state index contributed by atoms with van der Waals surface area (Å²) in [5, 5.41) is 0. The highest BCUT2D eigenvalue weighted by Crippen LogP contribution is 2.28. The van der Waals surface area contributed by atoms with Crippen LogP contribution in [0.2, 0.25) is 0 Å². The van der Waals surface area contributed by atoms with E-state index in [1.165, 1.54) is 19.6 Å². The molecule has 1 unspecified atom stereocenters. The van der Waals surface area contributed by atoms with Crippen LogP contribution in [0.4, 0.5) is 0 Å². The van der Waals surface area contributed by atoms with E-state index in [9.17, 15) is 0 Å². The Labute approximate surface area is 69.8 Å². The Morgan fingerprint density at radius 1 is 1.45 bits per heavy atom. The molecule has 0 saturated carbocycles. The molecule has 0 aromatic heterocycles. The summed E-state index contributed by atoms with van der Waals surface area (Å²) in [7, 11) is 0. The predicted octanol–water partition coefficient (Wildman–Crippen LogP) is 1.07. The molecule has 0 aliphatic carbocycles. The van der Waals surface area contributed by atoms with Crippen molar-refractivity contribution in [2.75, 3.05) is 19.6 Å². The lowest BCUT2D eigenvalue weighted by molar-refractivity contribution is 0.0294. The molecule has 1 saturated heterocycles. The van der Waals surface area contributed by atoms with E-state index >= 15 is 0 Å². The zero-order chi connectivity index (χ0) is 8.48. The average Bonchev–Trinajstić information content (AvgIpc) is 1.78. The Kier molecular flexibility index (Phi) is 2.55. The van der Waals surface area contributed by atoms with Gasteiger partial charge in [0.1, 0.15) is 0 Å². The summed E-state index contributed by atoms with van der Waals surface area (Å²) in [5.74, 6) is 0. The molecule has 11 heavy (non-hydrogen) atoms. The van der Waals surface area contributed by atoms with Crippen molar-refractivity contribution in [1.29, 1.82) is 0 Å². The maximum Gasteiger partial charge on any atom is 0.00452 e. The van der Waals surface area contributed by atoms with Gasteiger partial charge >= 0.3 is 0 Å². The number of hydrogen-bond donors (Lipinski definition) is 1. The monoisotopic (exact) mass is 156 g/mol. The van der Waals surface area contributed by atoms with Gasteiger partial charge in [-0.1, -0.05) is 13.8 Å². The highest BCUT2D eigenvalue weighted by Gasteiger charge is 2.33. The number of rotatable bonds is 3. The third-order valence-corrected chi connectivity index (χ3v) is 2.20. The van der Waals surface area contributed by atoms with E-state index in [4.69, 9.17) is 5.73 Å². The summed E-state index contributed by atoms with van der Waals surface area (Å²) in [6.07, 6.45) is 1.14. The number of nitrogens with zero attached hydrogens (tertiary/aromatic N) is 1. The van der Waals surface area contributed by atoms with Crippen molar-refractivity contribution in [3.63, 3.8) is 0 Å². The van der Waals surface area contributed by atoms with E-state index in [0.717, 1.165) is 6.42 Å². The van der Waals surface area contributed by atoms with Crippen LogP contribution in [0.5, 0.6) is 0 Å². The fraction of sp³-hybridized carbons (Fsp3) is 1.00. The summed E-state index contributed by atoms with van der Waals surface area (Å²) in [6, 6.07) is 0.360. The van der Waals surface area contributed by atoms with E-state index in [1.807, 2.05) is 0 Å². The van der Waals surface area contributed by atoms with Crippen molar-refractivity contribution in [3.05, 3.63) is 0 Å². The number of hydrogen-bond acceptors (Lipinski definition) is 2. The lowest BCUT2D eigenvalue weighted by Gasteiger charge is -2.46. The molecule has 0 bridgehead atoms. The van der Waals surface area contributed by atoms with Crippen LogP contribution >= 0.6 is 0 Å². The van der Waals surface area contributed by atoms with Crippen molar-refractivity contribution in [2.45, 2.75) is 33.2 Å². The van der Waals surface area contributed by atoms with Gasteiger partial charge in [0.15, 0.2) is 0 Å². The third kappa shape index (κ3) is 2.80. The van der Waals surface area contributed by atoms with Crippen molar-refractivity contribution >= 4 is 0 Å². The first-order valence-corrected chi connectivity index (χ1v) is 4.47. The number of likely N-dealkylation sites (tertiary alicyclic amines) is 1. The minimum atomic E-state index is 0.360. The van der Waals surface area contributed by atoms with Crippen LogP contribution in [0.3, 0.4) is 0 Å². The van der Waals surface area contributed by atoms with Crippen molar-refractivity contribution in [3.8, 4) is 0 Å². The van der Waals surface area contributed by atoms with Crippen LogP contribution in [0.15, 0.2) is 0 Å². The van der Waals surface area contributed by atoms with Gasteiger partial charge in [0, 0.05) is 19.1 Å². The molecular formula is C9H20N2. The zero-order valence-corrected chi connectivity index (χ0v) is 7.93. The summed E-state index contributed by atoms with van der Waals surface area (Å²) in [5.41, 5.74) is 6.23. The summed E-state index contributed by atoms with van der Waals surface area (Å²) in [6.45, 7) is 10.4. The van der Waals surface area contributed by atoms with Crippen molar-refractivity contribution in [2.24, 2.45) is 11.1 Å². The molecule has 1 rings (SSSR count). The van der Waals surface area contributed by atoms with Gasteiger partial charge in [0.05, 0.1) is 0 Å². The van der Waals surface area contributed by atoms with Crippen LogP contribution in [-0.2, 0) is 0 Å². The maximum atomic E-state index is 5.66. The van der Waals surface area contributed by atoms with Crippen LogP contribution in [0.25, 0.3) is 0 Å². The summed E-state index contributed by atoms with van der Waals surface area (Å²) < 4.78 is 0. The molecule has 2 heteroatoms. The first kappa shape index (κ1) is 9.01. The van der Waals surface area contributed by atoms with E-state index < -0.39 is 0 Å². The van der Waals surface area contributed by atoms with E-state index in [2.05, 4.69) is 25.7 Å². The van der Waals surface area contributed by atoms with Crippen LogP contribution in [0, 0.1) is 5.41 Å². The minimum Gasteiger partial charge on any atom is -0.328 e. The van der Waals surface area contributed by atoms with Gasteiger partial charge in [-0.2, -0.15) is 0 Å². The topological polar surface area (TPSA) is 29.3 Å². The molecule has 1 aliphatic heterocycles. The first-order chi connectivity index (χ1) is 4.99. The van der Waals surface area contributed by atoms with Gasteiger partial charge in [-0.15, -0.1) is 0 Å². The highest BCUT2D eigenvalue weighted by molar-refractivity contribution is 4.87. The molecule has 1 aliphatic rings. The molecule has 2 nitrogen and oxygen atoms in total. The largest absolute Gasteiger partial charge is 0.328 e. The molecule has 1 atom stereocenters. The Morgan fingerprint density at radius 3 is 2.36 bits per heavy atom. The van der Waals surface area contributed by atoms with Gasteiger partial charge in [0.25, 0.3) is 0 Å². The van der Waals surface area contributed by atoms with Gasteiger partial charge in [0.2, 0.25) is 0 Å². The highest BCUT2D eigenvalue weighted by atomic mass is 15.2. The summed E-state index contributed by atoms with van der Waals surface area (Å²) in [4.78, 5) is 2.48. The molecule has 0 radical (unpaired) electrons. The van der Waals surface area contributed by atoms with Gasteiger partial charge in [-0.3, -0.25) is 0 Å². The van der Waals surface area contributed by atoms with Crippen LogP contribution < -0.4 is 5.73 Å². The lowest BCUT2D eigenvalue weighted by atomic mass is 9.84. The molecule has 0 spiro atoms. The average molecular weight is 156 g/mol. The molecule has 66 valence electrons. The SMILES string of the molecule is CC(N)CCN1CC(C)(C)C1. The predicted molar refractivity (Wildman–Crippen MR) is 48.5 cm³/mol. The van der Waals surface area contributed by atoms with Crippen molar-refractivity contribution < 1.29 is 0 Å². The van der Waals surface area contributed by atoms with Crippen LogP contribution in [-0.4, -0.2) is 30.6 Å².